The minimum absolute atomic E-state index is 0.00593. The molecule has 0 saturated heterocycles. The zero-order valence-corrected chi connectivity index (χ0v) is 13.9. The summed E-state index contributed by atoms with van der Waals surface area (Å²) in [6.07, 6.45) is 0. The van der Waals surface area contributed by atoms with Gasteiger partial charge in [-0.3, -0.25) is 4.79 Å². The summed E-state index contributed by atoms with van der Waals surface area (Å²) in [6.45, 7) is 6.17. The lowest BCUT2D eigenvalue weighted by atomic mass is 10.1. The van der Waals surface area contributed by atoms with Crippen molar-refractivity contribution >= 4 is 22.2 Å². The summed E-state index contributed by atoms with van der Waals surface area (Å²) < 4.78 is 5.34. The van der Waals surface area contributed by atoms with Gasteiger partial charge in [-0.1, -0.05) is 13.8 Å². The van der Waals surface area contributed by atoms with Crippen molar-refractivity contribution in [3.63, 3.8) is 0 Å². The predicted molar refractivity (Wildman–Crippen MR) is 91.1 cm³/mol. The third kappa shape index (κ3) is 2.41. The van der Waals surface area contributed by atoms with E-state index in [0.717, 1.165) is 33.2 Å². The molecule has 0 bridgehead atoms. The van der Waals surface area contributed by atoms with Crippen LogP contribution in [0.5, 0.6) is 5.75 Å². The minimum atomic E-state index is -0.00593. The molecule has 2 heterocycles. The number of aryl methyl sites for hydroxylation is 1. The van der Waals surface area contributed by atoms with Crippen LogP contribution in [0.25, 0.3) is 22.3 Å². The highest BCUT2D eigenvalue weighted by atomic mass is 32.1. The normalized spacial score (nSPS) is 11.3. The molecule has 3 aromatic rings. The van der Waals surface area contributed by atoms with Crippen molar-refractivity contribution in [1.29, 1.82) is 0 Å². The van der Waals surface area contributed by atoms with E-state index < -0.39 is 0 Å². The Labute approximate surface area is 132 Å². The van der Waals surface area contributed by atoms with E-state index in [9.17, 15) is 4.79 Å². The number of fused-ring (bicyclic) bond motifs is 1. The highest BCUT2D eigenvalue weighted by molar-refractivity contribution is 7.10. The summed E-state index contributed by atoms with van der Waals surface area (Å²) in [5, 5.41) is 3.72. The molecule has 0 amide bonds. The molecule has 0 radical (unpaired) electrons. The van der Waals surface area contributed by atoms with Crippen molar-refractivity contribution in [3.05, 3.63) is 44.4 Å². The van der Waals surface area contributed by atoms with Crippen molar-refractivity contribution in [2.24, 2.45) is 0 Å². The fourth-order valence-corrected chi connectivity index (χ4v) is 3.31. The molecule has 2 aromatic heterocycles. The first-order chi connectivity index (χ1) is 10.5. The van der Waals surface area contributed by atoms with E-state index in [1.54, 1.807) is 30.6 Å². The molecular formula is C17H18N2O2S. The summed E-state index contributed by atoms with van der Waals surface area (Å²) in [4.78, 5) is 20.3. The lowest BCUT2D eigenvalue weighted by molar-refractivity contribution is 0.412. The van der Waals surface area contributed by atoms with Gasteiger partial charge in [-0.05, 0) is 19.1 Å². The number of thiazole rings is 1. The number of benzene rings is 1. The average molecular weight is 314 g/mol. The Kier molecular flexibility index (Phi) is 3.74. The number of nitrogens with one attached hydrogen (secondary N) is 1. The van der Waals surface area contributed by atoms with Crippen LogP contribution in [0.4, 0.5) is 0 Å². The van der Waals surface area contributed by atoms with E-state index in [0.29, 0.717) is 11.3 Å². The number of ether oxygens (including phenoxy) is 1. The van der Waals surface area contributed by atoms with Crippen LogP contribution in [-0.2, 0) is 0 Å². The van der Waals surface area contributed by atoms with E-state index in [-0.39, 0.29) is 5.43 Å². The maximum absolute atomic E-state index is 12.4. The van der Waals surface area contributed by atoms with E-state index in [4.69, 9.17) is 4.74 Å². The Hall–Kier alpha value is -2.14. The molecule has 114 valence electrons. The maximum Gasteiger partial charge on any atom is 0.190 e. The second-order valence-electron chi connectivity index (χ2n) is 5.59. The molecule has 1 N–H and O–H groups in total. The number of aromatic nitrogens is 2. The van der Waals surface area contributed by atoms with Gasteiger partial charge >= 0.3 is 0 Å². The van der Waals surface area contributed by atoms with E-state index in [2.05, 4.69) is 23.8 Å². The quantitative estimate of drug-likeness (QED) is 0.792. The van der Waals surface area contributed by atoms with Crippen LogP contribution >= 0.6 is 11.3 Å². The summed E-state index contributed by atoms with van der Waals surface area (Å²) in [5.41, 5.74) is 3.29. The lowest BCUT2D eigenvalue weighted by Gasteiger charge is -2.09. The van der Waals surface area contributed by atoms with Crippen LogP contribution in [0.3, 0.4) is 0 Å². The van der Waals surface area contributed by atoms with Gasteiger partial charge in [0.15, 0.2) is 5.43 Å². The van der Waals surface area contributed by atoms with Gasteiger partial charge in [0.1, 0.15) is 5.75 Å². The number of hydrogen-bond acceptors (Lipinski definition) is 4. The third-order valence-corrected chi connectivity index (χ3v) is 4.87. The first-order valence-electron chi connectivity index (χ1n) is 7.17. The Morgan fingerprint density at radius 1 is 1.32 bits per heavy atom. The topological polar surface area (TPSA) is 55.0 Å². The molecule has 0 aliphatic heterocycles. The molecule has 0 fully saturated rings. The fourth-order valence-electron chi connectivity index (χ4n) is 2.47. The zero-order chi connectivity index (χ0) is 15.9. The average Bonchev–Trinajstić information content (AvgIpc) is 2.98. The van der Waals surface area contributed by atoms with E-state index >= 15 is 0 Å². The molecule has 0 saturated carbocycles. The third-order valence-electron chi connectivity index (χ3n) is 3.73. The van der Waals surface area contributed by atoms with Gasteiger partial charge in [-0.2, -0.15) is 0 Å². The van der Waals surface area contributed by atoms with Gasteiger partial charge in [0.25, 0.3) is 0 Å². The molecule has 0 spiro atoms. The summed E-state index contributed by atoms with van der Waals surface area (Å²) in [7, 11) is 1.63. The van der Waals surface area contributed by atoms with Crippen LogP contribution in [0, 0.1) is 6.92 Å². The second kappa shape index (κ2) is 5.57. The number of aromatic amines is 1. The molecule has 3 rings (SSSR count). The molecule has 1 aromatic carbocycles. The summed E-state index contributed by atoms with van der Waals surface area (Å²) in [5.74, 6) is 1.15. The summed E-state index contributed by atoms with van der Waals surface area (Å²) >= 11 is 1.62. The maximum atomic E-state index is 12.4. The molecule has 0 aliphatic carbocycles. The van der Waals surface area contributed by atoms with Gasteiger partial charge in [0, 0.05) is 28.3 Å². The van der Waals surface area contributed by atoms with Crippen molar-refractivity contribution in [1.82, 2.24) is 9.97 Å². The smallest absolute Gasteiger partial charge is 0.190 e. The second-order valence-corrected chi connectivity index (χ2v) is 6.48. The predicted octanol–water partition coefficient (Wildman–Crippen LogP) is 4.09. The minimum Gasteiger partial charge on any atom is -0.496 e. The van der Waals surface area contributed by atoms with Gasteiger partial charge in [-0.15, -0.1) is 11.3 Å². The number of pyridine rings is 1. The molecular weight excluding hydrogens is 296 g/mol. The Morgan fingerprint density at radius 2 is 2.09 bits per heavy atom. The van der Waals surface area contributed by atoms with Crippen LogP contribution in [-0.4, -0.2) is 17.1 Å². The summed E-state index contributed by atoms with van der Waals surface area (Å²) in [6, 6.07) is 5.24. The number of rotatable bonds is 3. The molecule has 0 aliphatic rings. The largest absolute Gasteiger partial charge is 0.496 e. The highest BCUT2D eigenvalue weighted by Gasteiger charge is 2.12. The van der Waals surface area contributed by atoms with Crippen molar-refractivity contribution in [2.45, 2.75) is 26.7 Å². The van der Waals surface area contributed by atoms with Gasteiger partial charge < -0.3 is 9.72 Å². The SMILES string of the molecule is COc1ccc2c(=O)cc(-c3csc(C(C)C)n3)[nH]c2c1C. The van der Waals surface area contributed by atoms with Crippen molar-refractivity contribution < 1.29 is 4.74 Å². The number of methoxy groups -OCH3 is 1. The van der Waals surface area contributed by atoms with Crippen LogP contribution in [0.1, 0.15) is 30.3 Å². The van der Waals surface area contributed by atoms with Gasteiger partial charge in [0.2, 0.25) is 0 Å². The number of nitrogens with zero attached hydrogens (tertiary/aromatic N) is 1. The van der Waals surface area contributed by atoms with Gasteiger partial charge in [-0.25, -0.2) is 4.98 Å². The van der Waals surface area contributed by atoms with E-state index in [1.165, 1.54) is 0 Å². The molecule has 0 unspecified atom stereocenters. The Bertz CT molecular complexity index is 893. The molecule has 22 heavy (non-hydrogen) atoms. The highest BCUT2D eigenvalue weighted by Crippen LogP contribution is 2.28. The Balaban J connectivity index is 2.22. The lowest BCUT2D eigenvalue weighted by Crippen LogP contribution is -2.05. The van der Waals surface area contributed by atoms with Crippen LogP contribution in [0.15, 0.2) is 28.4 Å². The first kappa shape index (κ1) is 14.8. The first-order valence-corrected chi connectivity index (χ1v) is 8.05. The monoisotopic (exact) mass is 314 g/mol. The van der Waals surface area contributed by atoms with E-state index in [1.807, 2.05) is 18.4 Å². The van der Waals surface area contributed by atoms with Crippen LogP contribution in [0.2, 0.25) is 0 Å². The van der Waals surface area contributed by atoms with Gasteiger partial charge in [0.05, 0.1) is 29.0 Å². The fraction of sp³-hybridized carbons (Fsp3) is 0.294. The zero-order valence-electron chi connectivity index (χ0n) is 13.1. The van der Waals surface area contributed by atoms with Crippen molar-refractivity contribution in [2.75, 3.05) is 7.11 Å². The number of H-pyrrole nitrogens is 1. The number of hydrogen-bond donors (Lipinski definition) is 1. The van der Waals surface area contributed by atoms with Crippen LogP contribution < -0.4 is 10.2 Å². The standard InChI is InChI=1S/C17H18N2O2S/c1-9(2)17-19-13(8-22-17)12-7-14(20)11-5-6-15(21-4)10(3)16(11)18-12/h5-9H,1-4H3,(H,18,20). The Morgan fingerprint density at radius 3 is 2.73 bits per heavy atom. The van der Waals surface area contributed by atoms with Crippen molar-refractivity contribution in [3.8, 4) is 17.1 Å². The molecule has 0 atom stereocenters. The molecule has 5 heteroatoms. The molecule has 4 nitrogen and oxygen atoms in total.